The van der Waals surface area contributed by atoms with Crippen molar-refractivity contribution in [1.29, 1.82) is 0 Å². The van der Waals surface area contributed by atoms with Gasteiger partial charge in [0.2, 0.25) is 0 Å². The molecule has 2 N–H and O–H groups in total. The molecule has 8 heteroatoms. The molecular weight excluding hydrogens is 481 g/mol. The van der Waals surface area contributed by atoms with E-state index in [9.17, 15) is 9.18 Å². The highest BCUT2D eigenvalue weighted by Gasteiger charge is 2.24. The van der Waals surface area contributed by atoms with Crippen LogP contribution in [0.2, 0.25) is 0 Å². The van der Waals surface area contributed by atoms with Crippen molar-refractivity contribution >= 4 is 22.5 Å². The number of pyridine rings is 1. The van der Waals surface area contributed by atoms with E-state index in [1.165, 1.54) is 6.07 Å². The highest BCUT2D eigenvalue weighted by atomic mass is 19.1. The number of ether oxygens (including phenoxy) is 1. The Morgan fingerprint density at radius 3 is 2.84 bits per heavy atom. The third-order valence-corrected chi connectivity index (χ3v) is 7.44. The molecule has 1 fully saturated rings. The largest absolute Gasteiger partial charge is 0.497 e. The Bertz CT molecular complexity index is 1670. The number of aryl methyl sites for hydroxylation is 1. The van der Waals surface area contributed by atoms with Gasteiger partial charge in [0, 0.05) is 54.0 Å². The van der Waals surface area contributed by atoms with Crippen LogP contribution in [0.3, 0.4) is 0 Å². The number of methoxy groups -OCH3 is 1. The maximum absolute atomic E-state index is 14.2. The fourth-order valence-electron chi connectivity index (χ4n) is 5.48. The van der Waals surface area contributed by atoms with E-state index < -0.39 is 0 Å². The third-order valence-electron chi connectivity index (χ3n) is 7.44. The molecule has 6 rings (SSSR count). The minimum absolute atomic E-state index is 0.0209. The summed E-state index contributed by atoms with van der Waals surface area (Å²) in [6.07, 6.45) is 3.76. The number of amides is 1. The third kappa shape index (κ3) is 4.31. The number of carbonyl (C=O) groups excluding carboxylic acids is 1. The van der Waals surface area contributed by atoms with Gasteiger partial charge >= 0.3 is 0 Å². The normalized spacial score (nSPS) is 15.9. The standard InChI is InChI=1S/C30H30FN5O2/c1-19-29(33-28-16-21(10-12-35(19)28)30(37)34-11-4-6-24(32)18-34)27-15-22-14-23(31)8-9-26(22)36(27)17-20-5-3-7-25(13-20)38-2/h3,5,7-10,12-16,24H,4,6,11,17-18,32H2,1-2H3. The first-order valence-corrected chi connectivity index (χ1v) is 12.9. The molecule has 1 amide bonds. The van der Waals surface area contributed by atoms with E-state index in [1.54, 1.807) is 19.2 Å². The maximum atomic E-state index is 14.2. The Labute approximate surface area is 220 Å². The molecule has 7 nitrogen and oxygen atoms in total. The van der Waals surface area contributed by atoms with Gasteiger partial charge in [-0.2, -0.15) is 0 Å². The topological polar surface area (TPSA) is 77.8 Å². The van der Waals surface area contributed by atoms with Crippen molar-refractivity contribution < 1.29 is 13.9 Å². The fraction of sp³-hybridized carbons (Fsp3) is 0.267. The molecule has 5 aromatic rings. The van der Waals surface area contributed by atoms with Crippen molar-refractivity contribution in [3.63, 3.8) is 0 Å². The van der Waals surface area contributed by atoms with Gasteiger partial charge < -0.3 is 24.3 Å². The molecule has 2 aromatic carbocycles. The fourth-order valence-corrected chi connectivity index (χ4v) is 5.48. The summed E-state index contributed by atoms with van der Waals surface area (Å²) < 4.78 is 23.7. The first-order chi connectivity index (χ1) is 18.4. The Hall–Kier alpha value is -4.17. The highest BCUT2D eigenvalue weighted by Crippen LogP contribution is 2.32. The van der Waals surface area contributed by atoms with E-state index in [4.69, 9.17) is 15.5 Å². The zero-order valence-electron chi connectivity index (χ0n) is 21.5. The predicted molar refractivity (Wildman–Crippen MR) is 146 cm³/mol. The molecule has 3 aromatic heterocycles. The summed E-state index contributed by atoms with van der Waals surface area (Å²) in [6.45, 7) is 3.86. The monoisotopic (exact) mass is 511 g/mol. The number of likely N-dealkylation sites (tertiary alicyclic amines) is 1. The van der Waals surface area contributed by atoms with E-state index in [2.05, 4.69) is 4.57 Å². The first kappa shape index (κ1) is 24.2. The number of fused-ring (bicyclic) bond motifs is 2. The summed E-state index contributed by atoms with van der Waals surface area (Å²) in [6, 6.07) is 18.4. The van der Waals surface area contributed by atoms with Gasteiger partial charge in [-0.15, -0.1) is 0 Å². The molecule has 0 aliphatic carbocycles. The van der Waals surface area contributed by atoms with Crippen LogP contribution in [-0.4, -0.2) is 51.0 Å². The second-order valence-corrected chi connectivity index (χ2v) is 10.0. The molecule has 0 radical (unpaired) electrons. The molecule has 38 heavy (non-hydrogen) atoms. The molecule has 1 atom stereocenters. The van der Waals surface area contributed by atoms with Gasteiger partial charge in [-0.05, 0) is 73.9 Å². The van der Waals surface area contributed by atoms with Gasteiger partial charge in [0.15, 0.2) is 0 Å². The van der Waals surface area contributed by atoms with Crippen LogP contribution in [0.1, 0.15) is 34.5 Å². The number of halogens is 1. The Morgan fingerprint density at radius 1 is 1.16 bits per heavy atom. The maximum Gasteiger partial charge on any atom is 0.254 e. The molecule has 0 saturated carbocycles. The Morgan fingerprint density at radius 2 is 2.03 bits per heavy atom. The number of hydrogen-bond donors (Lipinski definition) is 1. The molecule has 1 aliphatic heterocycles. The average Bonchev–Trinajstić information content (AvgIpc) is 3.44. The lowest BCUT2D eigenvalue weighted by molar-refractivity contribution is 0.0709. The number of nitrogens with two attached hydrogens (primary N) is 1. The molecule has 0 spiro atoms. The summed E-state index contributed by atoms with van der Waals surface area (Å²) in [4.78, 5) is 20.0. The molecule has 0 bridgehead atoms. The first-order valence-electron chi connectivity index (χ1n) is 12.9. The lowest BCUT2D eigenvalue weighted by atomic mass is 10.1. The SMILES string of the molecule is COc1cccc(Cn2c(-c3nc4cc(C(=O)N5CCCC(N)C5)ccn4c3C)cc3cc(F)ccc32)c1. The quantitative estimate of drug-likeness (QED) is 0.359. The highest BCUT2D eigenvalue weighted by molar-refractivity contribution is 5.95. The second kappa shape index (κ2) is 9.61. The van der Waals surface area contributed by atoms with Crippen LogP contribution in [0.15, 0.2) is 66.9 Å². The number of imidazole rings is 1. The smallest absolute Gasteiger partial charge is 0.254 e. The van der Waals surface area contributed by atoms with Crippen LogP contribution in [0.4, 0.5) is 4.39 Å². The van der Waals surface area contributed by atoms with Gasteiger partial charge in [-0.25, -0.2) is 9.37 Å². The van der Waals surface area contributed by atoms with Gasteiger partial charge in [0.05, 0.1) is 12.8 Å². The number of nitrogens with zero attached hydrogens (tertiary/aromatic N) is 4. The van der Waals surface area contributed by atoms with Gasteiger partial charge in [0.25, 0.3) is 5.91 Å². The van der Waals surface area contributed by atoms with Crippen molar-refractivity contribution in [2.75, 3.05) is 20.2 Å². The predicted octanol–water partition coefficient (Wildman–Crippen LogP) is 5.02. The van der Waals surface area contributed by atoms with Crippen LogP contribution >= 0.6 is 0 Å². The lowest BCUT2D eigenvalue weighted by Crippen LogP contribution is -2.45. The molecule has 1 aliphatic rings. The van der Waals surface area contributed by atoms with Crippen molar-refractivity contribution in [3.8, 4) is 17.1 Å². The van der Waals surface area contributed by atoms with E-state index in [0.717, 1.165) is 58.7 Å². The number of benzene rings is 2. The van der Waals surface area contributed by atoms with Crippen LogP contribution in [0.5, 0.6) is 5.75 Å². The number of carbonyl (C=O) groups is 1. The molecule has 194 valence electrons. The number of aromatic nitrogens is 3. The van der Waals surface area contributed by atoms with Crippen molar-refractivity contribution in [2.45, 2.75) is 32.4 Å². The van der Waals surface area contributed by atoms with Crippen LogP contribution in [-0.2, 0) is 6.54 Å². The second-order valence-electron chi connectivity index (χ2n) is 10.0. The van der Waals surface area contributed by atoms with Crippen molar-refractivity contribution in [2.24, 2.45) is 5.73 Å². The van der Waals surface area contributed by atoms with Crippen molar-refractivity contribution in [1.82, 2.24) is 18.9 Å². The van der Waals surface area contributed by atoms with E-state index in [0.29, 0.717) is 24.3 Å². The zero-order valence-corrected chi connectivity index (χ0v) is 21.5. The lowest BCUT2D eigenvalue weighted by Gasteiger charge is -2.30. The molecule has 1 unspecified atom stereocenters. The van der Waals surface area contributed by atoms with Gasteiger partial charge in [-0.3, -0.25) is 4.79 Å². The van der Waals surface area contributed by atoms with Crippen LogP contribution < -0.4 is 10.5 Å². The van der Waals surface area contributed by atoms with Crippen LogP contribution in [0, 0.1) is 12.7 Å². The van der Waals surface area contributed by atoms with Gasteiger partial charge in [-0.1, -0.05) is 12.1 Å². The minimum Gasteiger partial charge on any atom is -0.497 e. The summed E-state index contributed by atoms with van der Waals surface area (Å²) in [5, 5.41) is 0.802. The van der Waals surface area contributed by atoms with E-state index in [1.807, 2.05) is 64.9 Å². The minimum atomic E-state index is -0.283. The number of hydrogen-bond acceptors (Lipinski definition) is 4. The van der Waals surface area contributed by atoms with E-state index in [-0.39, 0.29) is 17.8 Å². The Balaban J connectivity index is 1.44. The van der Waals surface area contributed by atoms with E-state index >= 15 is 0 Å². The molecule has 1 saturated heterocycles. The summed E-state index contributed by atoms with van der Waals surface area (Å²) in [5.41, 5.74) is 12.0. The summed E-state index contributed by atoms with van der Waals surface area (Å²) in [5.74, 6) is 0.477. The average molecular weight is 512 g/mol. The Kier molecular flexibility index (Phi) is 6.12. The summed E-state index contributed by atoms with van der Waals surface area (Å²) in [7, 11) is 1.65. The molecular formula is C30H30FN5O2. The number of piperidine rings is 1. The summed E-state index contributed by atoms with van der Waals surface area (Å²) >= 11 is 0. The van der Waals surface area contributed by atoms with Gasteiger partial charge in [0.1, 0.15) is 22.9 Å². The van der Waals surface area contributed by atoms with Crippen molar-refractivity contribution in [3.05, 3.63) is 89.5 Å². The molecule has 4 heterocycles. The number of rotatable bonds is 5. The zero-order chi connectivity index (χ0) is 26.4. The van der Waals surface area contributed by atoms with Crippen LogP contribution in [0.25, 0.3) is 27.9 Å².